The highest BCUT2D eigenvalue weighted by molar-refractivity contribution is 5.90. The van der Waals surface area contributed by atoms with Gasteiger partial charge in [-0.25, -0.2) is 5.10 Å². The highest BCUT2D eigenvalue weighted by Crippen LogP contribution is 2.15. The molecule has 0 fully saturated rings. The summed E-state index contributed by atoms with van der Waals surface area (Å²) in [6.07, 6.45) is 0. The van der Waals surface area contributed by atoms with E-state index in [4.69, 9.17) is 5.11 Å². The molecule has 1 aromatic carbocycles. The summed E-state index contributed by atoms with van der Waals surface area (Å²) >= 11 is 0. The monoisotopic (exact) mass is 205 g/mol. The van der Waals surface area contributed by atoms with E-state index in [1.54, 1.807) is 12.1 Å². The Labute approximate surface area is 85.8 Å². The Bertz CT molecular complexity index is 521. The number of aliphatic hydroxyl groups excluding tert-OH is 1. The summed E-state index contributed by atoms with van der Waals surface area (Å²) in [6, 6.07) is 7.19. The van der Waals surface area contributed by atoms with E-state index >= 15 is 0 Å². The second kappa shape index (κ2) is 4.10. The molecule has 0 spiro atoms. The largest absolute Gasteiger partial charge is 0.395 e. The molecule has 0 amide bonds. The fraction of sp³-hybridized carbons (Fsp3) is 0.200. The van der Waals surface area contributed by atoms with Crippen molar-refractivity contribution < 1.29 is 5.11 Å². The first-order chi connectivity index (χ1) is 7.33. The number of anilines is 1. The van der Waals surface area contributed by atoms with E-state index < -0.39 is 0 Å². The molecule has 0 unspecified atom stereocenters. The van der Waals surface area contributed by atoms with Gasteiger partial charge in [-0.3, -0.25) is 4.79 Å². The Morgan fingerprint density at radius 1 is 1.33 bits per heavy atom. The highest BCUT2D eigenvalue weighted by Gasteiger charge is 2.03. The maximum atomic E-state index is 11.4. The lowest BCUT2D eigenvalue weighted by molar-refractivity contribution is 0.311. The summed E-state index contributed by atoms with van der Waals surface area (Å²) in [5.41, 5.74) is -0.208. The van der Waals surface area contributed by atoms with E-state index in [0.717, 1.165) is 5.39 Å². The molecular formula is C10H11N3O2. The van der Waals surface area contributed by atoms with Crippen molar-refractivity contribution in [1.82, 2.24) is 10.2 Å². The number of hydrogen-bond acceptors (Lipinski definition) is 4. The summed E-state index contributed by atoms with van der Waals surface area (Å²) in [5.74, 6) is 0.583. The number of nitrogens with one attached hydrogen (secondary N) is 2. The molecular weight excluding hydrogens is 194 g/mol. The minimum atomic E-state index is -0.208. The van der Waals surface area contributed by atoms with E-state index in [2.05, 4.69) is 15.5 Å². The number of aliphatic hydroxyl groups is 1. The summed E-state index contributed by atoms with van der Waals surface area (Å²) in [5, 5.41) is 19.3. The molecule has 0 aliphatic rings. The van der Waals surface area contributed by atoms with E-state index in [1.807, 2.05) is 12.1 Å². The van der Waals surface area contributed by atoms with Gasteiger partial charge in [0, 0.05) is 11.9 Å². The van der Waals surface area contributed by atoms with E-state index in [1.165, 1.54) is 0 Å². The Morgan fingerprint density at radius 2 is 2.07 bits per heavy atom. The van der Waals surface area contributed by atoms with Crippen LogP contribution in [0.3, 0.4) is 0 Å². The molecule has 0 radical (unpaired) electrons. The molecule has 5 nitrogen and oxygen atoms in total. The van der Waals surface area contributed by atoms with E-state index in [0.29, 0.717) is 17.7 Å². The van der Waals surface area contributed by atoms with Crippen LogP contribution >= 0.6 is 0 Å². The van der Waals surface area contributed by atoms with Crippen molar-refractivity contribution in [3.05, 3.63) is 34.6 Å². The number of hydrogen-bond donors (Lipinski definition) is 3. The zero-order valence-electron chi connectivity index (χ0n) is 8.03. The van der Waals surface area contributed by atoms with Gasteiger partial charge in [0.05, 0.1) is 12.0 Å². The van der Waals surface area contributed by atoms with E-state index in [-0.39, 0.29) is 12.2 Å². The van der Waals surface area contributed by atoms with Gasteiger partial charge in [-0.05, 0) is 6.07 Å². The summed E-state index contributed by atoms with van der Waals surface area (Å²) in [7, 11) is 0. The molecule has 3 N–H and O–H groups in total. The normalized spacial score (nSPS) is 10.5. The number of nitrogens with zero attached hydrogens (tertiary/aromatic N) is 1. The van der Waals surface area contributed by atoms with Crippen molar-refractivity contribution in [2.45, 2.75) is 0 Å². The lowest BCUT2D eigenvalue weighted by Gasteiger charge is -2.05. The molecule has 78 valence electrons. The Hall–Kier alpha value is -1.88. The summed E-state index contributed by atoms with van der Waals surface area (Å²) in [6.45, 7) is 0.429. The van der Waals surface area contributed by atoms with Crippen LogP contribution in [-0.4, -0.2) is 28.5 Å². The second-order valence-corrected chi connectivity index (χ2v) is 3.10. The minimum absolute atomic E-state index is 0.0229. The quantitative estimate of drug-likeness (QED) is 0.674. The SMILES string of the molecule is O=c1[nH]nc(NCCO)c2ccccc12. The third-order valence-electron chi connectivity index (χ3n) is 2.10. The minimum Gasteiger partial charge on any atom is -0.395 e. The molecule has 0 atom stereocenters. The lowest BCUT2D eigenvalue weighted by Crippen LogP contribution is -2.14. The van der Waals surface area contributed by atoms with Gasteiger partial charge in [0.1, 0.15) is 0 Å². The first-order valence-electron chi connectivity index (χ1n) is 4.65. The van der Waals surface area contributed by atoms with Gasteiger partial charge in [0.25, 0.3) is 5.56 Å². The van der Waals surface area contributed by atoms with Gasteiger partial charge in [0.2, 0.25) is 0 Å². The average Bonchev–Trinajstić information content (AvgIpc) is 2.29. The number of aromatic amines is 1. The summed E-state index contributed by atoms with van der Waals surface area (Å²) < 4.78 is 0. The zero-order chi connectivity index (χ0) is 10.7. The molecule has 5 heteroatoms. The molecule has 0 saturated heterocycles. The smallest absolute Gasteiger partial charge is 0.272 e. The van der Waals surface area contributed by atoms with Gasteiger partial charge < -0.3 is 10.4 Å². The fourth-order valence-corrected chi connectivity index (χ4v) is 1.42. The van der Waals surface area contributed by atoms with Crippen molar-refractivity contribution in [3.8, 4) is 0 Å². The van der Waals surface area contributed by atoms with E-state index in [9.17, 15) is 4.79 Å². The van der Waals surface area contributed by atoms with Crippen molar-refractivity contribution in [1.29, 1.82) is 0 Å². The lowest BCUT2D eigenvalue weighted by atomic mass is 10.2. The maximum absolute atomic E-state index is 11.4. The predicted octanol–water partition coefficient (Wildman–Crippen LogP) is 0.327. The van der Waals surface area contributed by atoms with Crippen LogP contribution in [0.15, 0.2) is 29.1 Å². The summed E-state index contributed by atoms with van der Waals surface area (Å²) in [4.78, 5) is 11.4. The maximum Gasteiger partial charge on any atom is 0.272 e. The Kier molecular flexibility index (Phi) is 2.64. The second-order valence-electron chi connectivity index (χ2n) is 3.10. The Morgan fingerprint density at radius 3 is 2.80 bits per heavy atom. The molecule has 0 bridgehead atoms. The van der Waals surface area contributed by atoms with Crippen molar-refractivity contribution in [3.63, 3.8) is 0 Å². The van der Waals surface area contributed by atoms with Gasteiger partial charge in [0.15, 0.2) is 5.82 Å². The molecule has 2 aromatic rings. The number of benzene rings is 1. The zero-order valence-corrected chi connectivity index (χ0v) is 8.03. The molecule has 2 rings (SSSR count). The van der Waals surface area contributed by atoms with Gasteiger partial charge in [-0.1, -0.05) is 18.2 Å². The molecule has 15 heavy (non-hydrogen) atoms. The van der Waals surface area contributed by atoms with Crippen LogP contribution in [-0.2, 0) is 0 Å². The van der Waals surface area contributed by atoms with Crippen LogP contribution in [0.1, 0.15) is 0 Å². The number of H-pyrrole nitrogens is 1. The molecule has 0 aliphatic heterocycles. The predicted molar refractivity (Wildman–Crippen MR) is 57.9 cm³/mol. The van der Waals surface area contributed by atoms with Gasteiger partial charge >= 0.3 is 0 Å². The number of fused-ring (bicyclic) bond motifs is 1. The standard InChI is InChI=1S/C10H11N3O2/c14-6-5-11-9-7-3-1-2-4-8(7)10(15)13-12-9/h1-4,14H,5-6H2,(H,11,12)(H,13,15). The molecule has 0 aliphatic carbocycles. The first kappa shape index (κ1) is 9.67. The number of rotatable bonds is 3. The molecule has 0 saturated carbocycles. The molecule has 1 heterocycles. The highest BCUT2D eigenvalue weighted by atomic mass is 16.3. The topological polar surface area (TPSA) is 78.0 Å². The van der Waals surface area contributed by atoms with Gasteiger partial charge in [-0.2, -0.15) is 5.10 Å². The molecule has 1 aromatic heterocycles. The first-order valence-corrected chi connectivity index (χ1v) is 4.65. The van der Waals surface area contributed by atoms with Crippen LogP contribution in [0, 0.1) is 0 Å². The fourth-order valence-electron chi connectivity index (χ4n) is 1.42. The van der Waals surface area contributed by atoms with Gasteiger partial charge in [-0.15, -0.1) is 0 Å². The number of aromatic nitrogens is 2. The third-order valence-corrected chi connectivity index (χ3v) is 2.10. The van der Waals surface area contributed by atoms with Crippen LogP contribution in [0.2, 0.25) is 0 Å². The van der Waals surface area contributed by atoms with Crippen LogP contribution in [0.25, 0.3) is 10.8 Å². The van der Waals surface area contributed by atoms with Crippen LogP contribution in [0.4, 0.5) is 5.82 Å². The van der Waals surface area contributed by atoms with Crippen LogP contribution in [0.5, 0.6) is 0 Å². The van der Waals surface area contributed by atoms with Crippen LogP contribution < -0.4 is 10.9 Å². The average molecular weight is 205 g/mol. The third kappa shape index (κ3) is 1.82. The Balaban J connectivity index is 2.56. The van der Waals surface area contributed by atoms with Crippen molar-refractivity contribution in [2.24, 2.45) is 0 Å². The van der Waals surface area contributed by atoms with Crippen molar-refractivity contribution >= 4 is 16.6 Å². The van der Waals surface area contributed by atoms with Crippen molar-refractivity contribution in [2.75, 3.05) is 18.5 Å².